The van der Waals surface area contributed by atoms with Gasteiger partial charge in [-0.1, -0.05) is 165 Å². The van der Waals surface area contributed by atoms with E-state index in [9.17, 15) is 28.7 Å². The number of nitrogens with one attached hydrogen (secondary N) is 1. The fraction of sp³-hybridized carbons (Fsp3) is 0.306. The SMILES string of the molecule is CC(C)(C)c1cc(-c2cncc(Cl)c2F)ccn1.COC(=O)c1ccc(-c2cncc(-c3ccnc(C(C)(C)C)c3)c2F)c(Cl)c1.COC(=O)c1ccc(B(O)O)c(Cl)c1.COc1c(-c2ccnc(C(C)(C)C)c2)cncc1-c1ccc(C(=O)N2CCC(O)CC2)cc1Cl.COc1c(-c2ccnc(C(C)(C)C)c2)cncc1-c1ccc(C(=O)O)cc1Cl.O.OC1CCNCC1.[Li+].[OH-]. The van der Waals surface area contributed by atoms with E-state index in [1.165, 1.54) is 75.4 Å². The molecule has 12 aromatic rings. The van der Waals surface area contributed by atoms with E-state index in [1.807, 2.05) is 57.2 Å². The van der Waals surface area contributed by atoms with Crippen LogP contribution >= 0.6 is 58.0 Å². The zero-order valence-electron chi connectivity index (χ0n) is 76.5. The van der Waals surface area contributed by atoms with Crippen molar-refractivity contribution < 1.29 is 102 Å². The number of aromatic nitrogens is 8. The smallest absolute Gasteiger partial charge is 0.870 e. The number of amides is 1. The standard InChI is InChI=1S/C27H30ClN3O3.C22H20ClFN2O2.C22H21ClN2O3.C14H14ClFN2.C8H8BClO4.C5H11NO.Li.2H2O/c1-27(2,3)24-14-17(7-10-30-24)21-15-29-16-22(25(21)34-4)20-6-5-18(13-23(20)28)26(33)31-11-8-19(32)9-12-31;1-22(2,3)19-10-13(7-8-26-19)16-11-25-12-17(20(16)24)15-6-5-14(9-18(15)23)21(27)28-4;1-22(2,3)19-10-13(7-8-25-19)16-11-24-12-17(20(16)28-4)15-6-5-14(21(26)27)9-18(15)23;1-14(2,3)12-6-9(4-5-18-12)10-7-17-8-11(15)13(10)16;1-14-8(11)5-2-3-6(9(12)13)7(10)4-5;7-5-1-3-6-4-2-5;;;/h5-7,10,13-16,19,32H,8-9,11-12H2,1-4H3;5-12H,1-4H3;5-12H,1-4H3,(H,26,27);4-8H,1-3H3;2-4,12-13H,1H3;5-7H,1-4H2;;2*1H2/q;;;;;;+1;;/p-1. The van der Waals surface area contributed by atoms with Crippen LogP contribution in [-0.2, 0) is 31.1 Å². The number of carboxylic acids is 1. The second kappa shape index (κ2) is 49.3. The number of carbonyl (C=O) groups is 4. The van der Waals surface area contributed by atoms with Gasteiger partial charge in [0.05, 0.1) is 62.4 Å². The number of esters is 2. The van der Waals surface area contributed by atoms with Gasteiger partial charge in [-0.3, -0.25) is 44.7 Å². The maximum Gasteiger partial charge on any atom is 1.00 e. The summed E-state index contributed by atoms with van der Waals surface area (Å²) in [7, 11) is 4.12. The topological polar surface area (TPSA) is 386 Å². The molecule has 8 aromatic heterocycles. The van der Waals surface area contributed by atoms with Gasteiger partial charge in [-0.2, -0.15) is 0 Å². The third-order valence-electron chi connectivity index (χ3n) is 20.7. The fourth-order valence-corrected chi connectivity index (χ4v) is 14.7. The van der Waals surface area contributed by atoms with Gasteiger partial charge >= 0.3 is 43.9 Å². The molecular formula is C98H107BCl5F2LiN10O15. The number of rotatable bonds is 14. The van der Waals surface area contributed by atoms with Crippen molar-refractivity contribution in [3.8, 4) is 89.4 Å². The summed E-state index contributed by atoms with van der Waals surface area (Å²) in [5, 5.41) is 49.7. The molecule has 692 valence electrons. The number of carboxylic acid groups (broad SMARTS) is 1. The molecule has 132 heavy (non-hydrogen) atoms. The van der Waals surface area contributed by atoms with E-state index >= 15 is 4.39 Å². The second-order valence-corrected chi connectivity index (χ2v) is 36.3. The van der Waals surface area contributed by atoms with Gasteiger partial charge in [-0.05, 0) is 158 Å². The van der Waals surface area contributed by atoms with E-state index in [4.69, 9.17) is 87.7 Å². The van der Waals surface area contributed by atoms with Gasteiger partial charge in [0.15, 0.2) is 5.82 Å². The minimum Gasteiger partial charge on any atom is -0.870 e. The maximum absolute atomic E-state index is 15.4. The van der Waals surface area contributed by atoms with Crippen molar-refractivity contribution in [2.45, 2.75) is 143 Å². The summed E-state index contributed by atoms with van der Waals surface area (Å²) in [6.07, 6.45) is 22.2. The summed E-state index contributed by atoms with van der Waals surface area (Å²) in [4.78, 5) is 83.2. The van der Waals surface area contributed by atoms with E-state index in [2.05, 4.69) is 123 Å². The number of hydrogen-bond donors (Lipinski definition) is 6. The Morgan fingerprint density at radius 1 is 0.409 bits per heavy atom. The van der Waals surface area contributed by atoms with Crippen LogP contribution < -0.4 is 39.1 Å². The van der Waals surface area contributed by atoms with Crippen molar-refractivity contribution in [3.63, 3.8) is 0 Å². The molecule has 25 nitrogen and oxygen atoms in total. The van der Waals surface area contributed by atoms with Gasteiger partial charge in [0.2, 0.25) is 0 Å². The maximum atomic E-state index is 15.4. The Kier molecular flexibility index (Phi) is 41.1. The Morgan fingerprint density at radius 2 is 0.727 bits per heavy atom. The van der Waals surface area contributed by atoms with Gasteiger partial charge in [-0.15, -0.1) is 0 Å². The number of halogens is 7. The first-order chi connectivity index (χ1) is 61.0. The molecule has 2 aliphatic rings. The Bertz CT molecular complexity index is 5970. The summed E-state index contributed by atoms with van der Waals surface area (Å²) >= 11 is 30.8. The zero-order valence-corrected chi connectivity index (χ0v) is 80.3. The Balaban J connectivity index is 0.000000254. The summed E-state index contributed by atoms with van der Waals surface area (Å²) in [5.41, 5.74) is 13.9. The molecule has 14 rings (SSSR count). The van der Waals surface area contributed by atoms with Crippen LogP contribution in [0, 0.1) is 11.6 Å². The normalized spacial score (nSPS) is 12.6. The van der Waals surface area contributed by atoms with Crippen LogP contribution in [0.1, 0.15) is 173 Å². The number of piperidine rings is 2. The van der Waals surface area contributed by atoms with E-state index in [0.29, 0.717) is 92.0 Å². The molecule has 9 N–H and O–H groups in total. The predicted octanol–water partition coefficient (Wildman–Crippen LogP) is 16.3. The van der Waals surface area contributed by atoms with Gasteiger partial charge < -0.3 is 65.5 Å². The van der Waals surface area contributed by atoms with Crippen LogP contribution in [0.25, 0.3) is 77.9 Å². The van der Waals surface area contributed by atoms with Crippen molar-refractivity contribution in [3.05, 3.63) is 277 Å². The average Bonchev–Trinajstić information content (AvgIpc) is 0.801. The van der Waals surface area contributed by atoms with Crippen molar-refractivity contribution in [2.24, 2.45) is 0 Å². The van der Waals surface area contributed by atoms with E-state index in [1.54, 1.807) is 111 Å². The van der Waals surface area contributed by atoms with E-state index < -0.39 is 36.7 Å². The third-order valence-corrected chi connectivity index (χ3v) is 22.3. The molecular weight excluding hydrogens is 1790 g/mol. The molecule has 2 aliphatic heterocycles. The minimum atomic E-state index is -1.64. The molecule has 2 saturated heterocycles. The molecule has 4 aromatic carbocycles. The Morgan fingerprint density at radius 3 is 1.08 bits per heavy atom. The number of likely N-dealkylation sites (tertiary alicyclic amines) is 1. The summed E-state index contributed by atoms with van der Waals surface area (Å²) in [5.74, 6) is -1.74. The molecule has 0 spiro atoms. The number of aliphatic hydroxyl groups is 2. The number of carbonyl (C=O) groups excluding carboxylic acids is 3. The number of pyridine rings is 8. The monoisotopic (exact) mass is 1890 g/mol. The average molecular weight is 1900 g/mol. The van der Waals surface area contributed by atoms with Gasteiger partial charge in [0.1, 0.15) is 17.3 Å². The number of nitrogens with zero attached hydrogens (tertiary/aromatic N) is 9. The van der Waals surface area contributed by atoms with Gasteiger partial charge in [-0.25, -0.2) is 23.2 Å². The predicted molar refractivity (Wildman–Crippen MR) is 510 cm³/mol. The van der Waals surface area contributed by atoms with Crippen LogP contribution in [0.15, 0.2) is 196 Å². The summed E-state index contributed by atoms with van der Waals surface area (Å²) in [6.45, 7) is 28.1. The van der Waals surface area contributed by atoms with Crippen LogP contribution in [0.2, 0.25) is 25.1 Å². The first kappa shape index (κ1) is 110. The van der Waals surface area contributed by atoms with Crippen LogP contribution in [0.4, 0.5) is 8.78 Å². The molecule has 0 atom stereocenters. The van der Waals surface area contributed by atoms with Crippen molar-refractivity contribution in [1.29, 1.82) is 0 Å². The van der Waals surface area contributed by atoms with Crippen LogP contribution in [0.5, 0.6) is 11.5 Å². The number of benzene rings is 4. The number of methoxy groups -OCH3 is 4. The zero-order chi connectivity index (χ0) is 94.6. The number of aliphatic hydroxyl groups excluding tert-OH is 2. The Hall–Kier alpha value is -10.7. The van der Waals surface area contributed by atoms with Crippen molar-refractivity contribution >= 4 is 94.4 Å². The fourth-order valence-electron chi connectivity index (χ4n) is 13.4. The molecule has 0 unspecified atom stereocenters. The van der Waals surface area contributed by atoms with Crippen molar-refractivity contribution in [2.75, 3.05) is 54.6 Å². The molecule has 2 fully saturated rings. The minimum absolute atomic E-state index is 0. The Labute approximate surface area is 805 Å². The van der Waals surface area contributed by atoms with Crippen LogP contribution in [0.3, 0.4) is 0 Å². The number of ether oxygens (including phenoxy) is 4. The van der Waals surface area contributed by atoms with Crippen molar-refractivity contribution in [1.82, 2.24) is 50.1 Å². The molecule has 0 aliphatic carbocycles. The molecule has 0 saturated carbocycles. The largest absolute Gasteiger partial charge is 1.00 e. The van der Waals surface area contributed by atoms with Crippen LogP contribution in [-0.4, -0.2) is 179 Å². The molecule has 0 radical (unpaired) electrons. The van der Waals surface area contributed by atoms with Gasteiger partial charge in [0, 0.05) is 219 Å². The van der Waals surface area contributed by atoms with Gasteiger partial charge in [0.25, 0.3) is 5.91 Å². The first-order valence-electron chi connectivity index (χ1n) is 41.1. The van der Waals surface area contributed by atoms with E-state index in [0.717, 1.165) is 87.7 Å². The summed E-state index contributed by atoms with van der Waals surface area (Å²) < 4.78 is 50.0. The summed E-state index contributed by atoms with van der Waals surface area (Å²) in [6, 6.07) is 33.8. The molecule has 0 bridgehead atoms. The first-order valence-corrected chi connectivity index (χ1v) is 43.0. The molecule has 1 amide bonds. The molecule has 34 heteroatoms. The second-order valence-electron chi connectivity index (χ2n) is 34.3. The van der Waals surface area contributed by atoms with E-state index in [-0.39, 0.29) is 107 Å². The quantitative estimate of drug-likeness (QED) is 0.0435. The third kappa shape index (κ3) is 29.1. The number of aromatic carboxylic acids is 1. The number of hydrogen-bond acceptors (Lipinski definition) is 22. The molecule has 10 heterocycles.